The van der Waals surface area contributed by atoms with Crippen molar-refractivity contribution in [1.29, 1.82) is 0 Å². The Bertz CT molecular complexity index is 468. The molecule has 0 aromatic heterocycles. The second-order valence-electron chi connectivity index (χ2n) is 2.56. The first kappa shape index (κ1) is 11.6. The number of nitro groups is 1. The maximum absolute atomic E-state index is 10.5. The largest absolute Gasteiger partial charge is 0.726 e. The lowest BCUT2D eigenvalue weighted by atomic mass is 10.2. The molecular weight excluding hydrogens is 226 g/mol. The highest BCUT2D eigenvalue weighted by atomic mass is 32.3. The molecule has 8 heteroatoms. The smallest absolute Gasteiger partial charge is 0.274 e. The van der Waals surface area contributed by atoms with E-state index < -0.39 is 21.9 Å². The second kappa shape index (κ2) is 4.34. The SMILES string of the molecule is O=[N+]([O-])c1ccccc1COS(=O)(=O)[O-]. The van der Waals surface area contributed by atoms with Crippen LogP contribution in [0, 0.1) is 10.1 Å². The van der Waals surface area contributed by atoms with E-state index >= 15 is 0 Å². The Kier molecular flexibility index (Phi) is 3.35. The van der Waals surface area contributed by atoms with E-state index in [1.807, 2.05) is 0 Å². The zero-order chi connectivity index (χ0) is 11.5. The molecule has 1 rings (SSSR count). The lowest BCUT2D eigenvalue weighted by Crippen LogP contribution is -2.05. The van der Waals surface area contributed by atoms with E-state index in [4.69, 9.17) is 0 Å². The van der Waals surface area contributed by atoms with Gasteiger partial charge < -0.3 is 4.55 Å². The zero-order valence-electron chi connectivity index (χ0n) is 7.32. The van der Waals surface area contributed by atoms with Gasteiger partial charge in [-0.1, -0.05) is 12.1 Å². The Labute approximate surface area is 85.4 Å². The van der Waals surface area contributed by atoms with E-state index in [9.17, 15) is 23.1 Å². The molecule has 0 radical (unpaired) electrons. The van der Waals surface area contributed by atoms with Gasteiger partial charge in [0, 0.05) is 6.07 Å². The Morgan fingerprint density at radius 1 is 1.33 bits per heavy atom. The molecule has 0 aliphatic carbocycles. The van der Waals surface area contributed by atoms with Crippen molar-refractivity contribution in [2.45, 2.75) is 6.61 Å². The summed E-state index contributed by atoms with van der Waals surface area (Å²) < 4.78 is 34.3. The lowest BCUT2D eigenvalue weighted by molar-refractivity contribution is -0.385. The van der Waals surface area contributed by atoms with Crippen LogP contribution >= 0.6 is 0 Å². The van der Waals surface area contributed by atoms with Crippen LogP contribution in [-0.2, 0) is 21.2 Å². The van der Waals surface area contributed by atoms with E-state index in [1.54, 1.807) is 0 Å². The molecule has 0 saturated carbocycles. The van der Waals surface area contributed by atoms with Crippen LogP contribution in [0.3, 0.4) is 0 Å². The van der Waals surface area contributed by atoms with E-state index in [1.165, 1.54) is 24.3 Å². The Hall–Kier alpha value is -1.51. The van der Waals surface area contributed by atoms with Crippen molar-refractivity contribution < 1.29 is 22.1 Å². The first-order valence-corrected chi connectivity index (χ1v) is 5.06. The van der Waals surface area contributed by atoms with Gasteiger partial charge in [-0.15, -0.1) is 0 Å². The normalized spacial score (nSPS) is 11.3. The number of hydrogen-bond donors (Lipinski definition) is 0. The molecular formula is C7H6NO6S-. The van der Waals surface area contributed by atoms with Gasteiger partial charge in [0.05, 0.1) is 17.1 Å². The van der Waals surface area contributed by atoms with E-state index in [2.05, 4.69) is 4.18 Å². The van der Waals surface area contributed by atoms with Crippen molar-refractivity contribution in [3.8, 4) is 0 Å². The summed E-state index contributed by atoms with van der Waals surface area (Å²) in [6, 6.07) is 5.40. The number of nitrogens with zero attached hydrogens (tertiary/aromatic N) is 1. The van der Waals surface area contributed by atoms with Crippen molar-refractivity contribution in [2.75, 3.05) is 0 Å². The minimum absolute atomic E-state index is 0.0296. The zero-order valence-corrected chi connectivity index (χ0v) is 8.14. The topological polar surface area (TPSA) is 110 Å². The van der Waals surface area contributed by atoms with E-state index in [0.29, 0.717) is 0 Å². The fourth-order valence-electron chi connectivity index (χ4n) is 0.947. The Balaban J connectivity index is 2.90. The average Bonchev–Trinajstić information content (AvgIpc) is 2.14. The molecule has 0 unspecified atom stereocenters. The van der Waals surface area contributed by atoms with Crippen LogP contribution in [0.4, 0.5) is 5.69 Å². The van der Waals surface area contributed by atoms with E-state index in [0.717, 1.165) is 0 Å². The third kappa shape index (κ3) is 3.62. The maximum Gasteiger partial charge on any atom is 0.274 e. The Morgan fingerprint density at radius 3 is 2.47 bits per heavy atom. The highest BCUT2D eigenvalue weighted by molar-refractivity contribution is 7.80. The van der Waals surface area contributed by atoms with Gasteiger partial charge in [0.1, 0.15) is 0 Å². The molecule has 0 bridgehead atoms. The summed E-state index contributed by atoms with van der Waals surface area (Å²) in [6.45, 7) is -0.636. The first-order chi connectivity index (χ1) is 6.90. The molecule has 0 aliphatic heterocycles. The molecule has 0 saturated heterocycles. The average molecular weight is 232 g/mol. The highest BCUT2D eigenvalue weighted by Crippen LogP contribution is 2.18. The molecule has 0 amide bonds. The molecule has 1 aromatic rings. The molecule has 15 heavy (non-hydrogen) atoms. The van der Waals surface area contributed by atoms with Crippen molar-refractivity contribution in [3.05, 3.63) is 39.9 Å². The van der Waals surface area contributed by atoms with Crippen molar-refractivity contribution >= 4 is 16.1 Å². The number of benzene rings is 1. The van der Waals surface area contributed by atoms with Crippen molar-refractivity contribution in [2.24, 2.45) is 0 Å². The lowest BCUT2D eigenvalue weighted by Gasteiger charge is -2.07. The molecule has 0 fully saturated rings. The van der Waals surface area contributed by atoms with Gasteiger partial charge >= 0.3 is 0 Å². The molecule has 82 valence electrons. The number of rotatable bonds is 4. The molecule has 1 aromatic carbocycles. The van der Waals surface area contributed by atoms with Crippen LogP contribution in [0.5, 0.6) is 0 Å². The molecule has 0 aliphatic rings. The molecule has 0 heterocycles. The predicted molar refractivity (Wildman–Crippen MR) is 47.6 cm³/mol. The van der Waals surface area contributed by atoms with Gasteiger partial charge in [0.2, 0.25) is 10.4 Å². The van der Waals surface area contributed by atoms with Gasteiger partial charge in [-0.05, 0) is 6.07 Å². The van der Waals surface area contributed by atoms with Gasteiger partial charge in [-0.25, -0.2) is 8.42 Å². The highest BCUT2D eigenvalue weighted by Gasteiger charge is 2.12. The summed E-state index contributed by atoms with van der Waals surface area (Å²) >= 11 is 0. The number of nitro benzene ring substituents is 1. The predicted octanol–water partition coefficient (Wildman–Crippen LogP) is 0.572. The first-order valence-electron chi connectivity index (χ1n) is 3.73. The van der Waals surface area contributed by atoms with Crippen LogP contribution < -0.4 is 0 Å². The van der Waals surface area contributed by atoms with Gasteiger partial charge in [-0.2, -0.15) is 0 Å². The Morgan fingerprint density at radius 2 is 1.93 bits per heavy atom. The fourth-order valence-corrected chi connectivity index (χ4v) is 1.22. The van der Waals surface area contributed by atoms with E-state index in [-0.39, 0.29) is 11.3 Å². The summed E-state index contributed by atoms with van der Waals surface area (Å²) in [6.07, 6.45) is 0. The minimum atomic E-state index is -4.84. The number of hydrogen-bond acceptors (Lipinski definition) is 6. The number of para-hydroxylation sites is 1. The fraction of sp³-hybridized carbons (Fsp3) is 0.143. The van der Waals surface area contributed by atoms with Crippen LogP contribution in [-0.4, -0.2) is 17.9 Å². The van der Waals surface area contributed by atoms with Gasteiger partial charge in [0.25, 0.3) is 5.69 Å². The maximum atomic E-state index is 10.5. The summed E-state index contributed by atoms with van der Waals surface area (Å²) in [5, 5.41) is 10.5. The standard InChI is InChI=1S/C7H7NO6S/c9-8(10)7-4-2-1-3-6(7)5-14-15(11,12)13/h1-4H,5H2,(H,11,12,13)/p-1. The summed E-state index contributed by atoms with van der Waals surface area (Å²) in [5.74, 6) is 0. The summed E-state index contributed by atoms with van der Waals surface area (Å²) in [7, 11) is -4.84. The third-order valence-corrected chi connectivity index (χ3v) is 1.95. The van der Waals surface area contributed by atoms with Crippen LogP contribution in [0.1, 0.15) is 5.56 Å². The van der Waals surface area contributed by atoms with Gasteiger partial charge in [-0.3, -0.25) is 14.3 Å². The molecule has 0 spiro atoms. The summed E-state index contributed by atoms with van der Waals surface area (Å²) in [4.78, 5) is 9.78. The monoisotopic (exact) mass is 232 g/mol. The molecule has 7 nitrogen and oxygen atoms in total. The summed E-state index contributed by atoms with van der Waals surface area (Å²) in [5.41, 5.74) is -0.261. The third-order valence-electron chi connectivity index (χ3n) is 1.55. The second-order valence-corrected chi connectivity index (χ2v) is 3.61. The van der Waals surface area contributed by atoms with Crippen molar-refractivity contribution in [1.82, 2.24) is 0 Å². The van der Waals surface area contributed by atoms with Crippen LogP contribution in [0.25, 0.3) is 0 Å². The molecule has 0 atom stereocenters. The minimum Gasteiger partial charge on any atom is -0.726 e. The quantitative estimate of drug-likeness (QED) is 0.325. The van der Waals surface area contributed by atoms with Gasteiger partial charge in [0.15, 0.2) is 0 Å². The molecule has 0 N–H and O–H groups in total. The van der Waals surface area contributed by atoms with Crippen LogP contribution in [0.2, 0.25) is 0 Å². The van der Waals surface area contributed by atoms with Crippen molar-refractivity contribution in [3.63, 3.8) is 0 Å². The van der Waals surface area contributed by atoms with Crippen LogP contribution in [0.15, 0.2) is 24.3 Å².